The Morgan fingerprint density at radius 1 is 0.897 bits per heavy atom. The molecule has 150 valence electrons. The summed E-state index contributed by atoms with van der Waals surface area (Å²) < 4.78 is 30.8. The number of carbonyl (C=O) groups excluding carboxylic acids is 2. The van der Waals surface area contributed by atoms with Gasteiger partial charge in [-0.25, -0.2) is 8.78 Å². The van der Waals surface area contributed by atoms with Crippen molar-refractivity contribution in [2.24, 2.45) is 0 Å². The zero-order valence-electron chi connectivity index (χ0n) is 15.8. The third-order valence-electron chi connectivity index (χ3n) is 3.83. The first kappa shape index (κ1) is 21.8. The zero-order chi connectivity index (χ0) is 21.2. The third kappa shape index (κ3) is 7.18. The largest absolute Gasteiger partial charge is 0.508 e. The lowest BCUT2D eigenvalue weighted by Gasteiger charge is -2.06. The van der Waals surface area contributed by atoms with Gasteiger partial charge in [0.05, 0.1) is 18.6 Å². The smallest absolute Gasteiger partial charge is 0.310 e. The molecule has 6 heteroatoms. The summed E-state index contributed by atoms with van der Waals surface area (Å²) in [6.45, 7) is 1.77. The minimum atomic E-state index is -0.659. The van der Waals surface area contributed by atoms with Crippen molar-refractivity contribution in [3.05, 3.63) is 94.8 Å². The van der Waals surface area contributed by atoms with E-state index >= 15 is 0 Å². The van der Waals surface area contributed by atoms with E-state index in [-0.39, 0.29) is 12.2 Å². The van der Waals surface area contributed by atoms with E-state index in [1.165, 1.54) is 72.8 Å². The molecule has 0 aliphatic rings. The molecule has 1 N–H and O–H groups in total. The summed E-state index contributed by atoms with van der Waals surface area (Å²) >= 11 is 0. The number of ether oxygens (including phenoxy) is 1. The molecule has 0 saturated carbocycles. The van der Waals surface area contributed by atoms with E-state index < -0.39 is 35.6 Å². The lowest BCUT2D eigenvalue weighted by Crippen LogP contribution is -2.11. The molecule has 0 aromatic heterocycles. The Morgan fingerprint density at radius 2 is 1.38 bits per heavy atom. The number of ketones is 1. The average Bonchev–Trinajstić information content (AvgIpc) is 2.71. The van der Waals surface area contributed by atoms with E-state index in [1.54, 1.807) is 6.92 Å². The van der Waals surface area contributed by atoms with E-state index in [0.29, 0.717) is 11.1 Å². The second kappa shape index (κ2) is 10.7. The summed E-state index contributed by atoms with van der Waals surface area (Å²) in [5, 5.41) is 10.4. The van der Waals surface area contributed by atoms with Crippen LogP contribution in [0.3, 0.4) is 0 Å². The van der Waals surface area contributed by atoms with Crippen molar-refractivity contribution in [3.63, 3.8) is 0 Å². The average molecular weight is 398 g/mol. The highest BCUT2D eigenvalue weighted by atomic mass is 19.1. The van der Waals surface area contributed by atoms with E-state index in [0.717, 1.165) is 0 Å². The predicted molar refractivity (Wildman–Crippen MR) is 107 cm³/mol. The molecule has 2 aromatic rings. The lowest BCUT2D eigenvalue weighted by molar-refractivity contribution is -0.142. The molecule has 0 radical (unpaired) electrons. The van der Waals surface area contributed by atoms with Crippen LogP contribution in [-0.4, -0.2) is 23.5 Å². The van der Waals surface area contributed by atoms with Crippen LogP contribution in [0.1, 0.15) is 24.5 Å². The number of carbonyl (C=O) groups is 2. The van der Waals surface area contributed by atoms with Crippen LogP contribution in [0.2, 0.25) is 0 Å². The van der Waals surface area contributed by atoms with Crippen molar-refractivity contribution in [3.8, 4) is 0 Å². The van der Waals surface area contributed by atoms with Crippen LogP contribution in [0.5, 0.6) is 0 Å². The molecule has 0 bridgehead atoms. The number of aliphatic hydroxyl groups is 1. The zero-order valence-corrected chi connectivity index (χ0v) is 15.8. The highest BCUT2D eigenvalue weighted by molar-refractivity contribution is 6.09. The Labute approximate surface area is 167 Å². The monoisotopic (exact) mass is 398 g/mol. The fourth-order valence-corrected chi connectivity index (χ4v) is 2.36. The third-order valence-corrected chi connectivity index (χ3v) is 3.83. The van der Waals surface area contributed by atoms with Gasteiger partial charge in [0.15, 0.2) is 5.78 Å². The maximum atomic E-state index is 13.0. The molecular weight excluding hydrogens is 378 g/mol. The fraction of sp³-hybridized carbons (Fsp3) is 0.130. The number of aliphatic hydroxyl groups excluding tert-OH is 1. The van der Waals surface area contributed by atoms with Gasteiger partial charge in [0.1, 0.15) is 17.4 Å². The summed E-state index contributed by atoms with van der Waals surface area (Å²) in [6, 6.07) is 11.0. The van der Waals surface area contributed by atoms with Gasteiger partial charge in [0, 0.05) is 0 Å². The molecule has 0 heterocycles. The van der Waals surface area contributed by atoms with E-state index in [4.69, 9.17) is 4.74 Å². The first-order valence-corrected chi connectivity index (χ1v) is 8.88. The summed E-state index contributed by atoms with van der Waals surface area (Å²) in [4.78, 5) is 24.4. The molecule has 0 saturated heterocycles. The van der Waals surface area contributed by atoms with Gasteiger partial charge in [-0.2, -0.15) is 0 Å². The first-order valence-electron chi connectivity index (χ1n) is 8.88. The number of hydrogen-bond acceptors (Lipinski definition) is 4. The number of hydrogen-bond donors (Lipinski definition) is 1. The van der Waals surface area contributed by atoms with Crippen molar-refractivity contribution in [2.75, 3.05) is 6.61 Å². The Bertz CT molecular complexity index is 940. The number of benzene rings is 2. The predicted octanol–water partition coefficient (Wildman–Crippen LogP) is 5.03. The van der Waals surface area contributed by atoms with Crippen molar-refractivity contribution in [1.29, 1.82) is 0 Å². The van der Waals surface area contributed by atoms with Crippen molar-refractivity contribution < 1.29 is 28.2 Å². The van der Waals surface area contributed by atoms with E-state index in [2.05, 4.69) is 0 Å². The van der Waals surface area contributed by atoms with Crippen LogP contribution in [0.15, 0.2) is 72.0 Å². The molecule has 0 atom stereocenters. The van der Waals surface area contributed by atoms with Gasteiger partial charge in [-0.3, -0.25) is 9.59 Å². The van der Waals surface area contributed by atoms with Crippen LogP contribution in [0.25, 0.3) is 12.2 Å². The minimum absolute atomic E-state index is 0.137. The number of halogens is 2. The summed E-state index contributed by atoms with van der Waals surface area (Å²) in [5.41, 5.74) is 1.03. The molecule has 0 fully saturated rings. The van der Waals surface area contributed by atoms with Crippen molar-refractivity contribution in [1.82, 2.24) is 0 Å². The van der Waals surface area contributed by atoms with Gasteiger partial charge < -0.3 is 9.84 Å². The van der Waals surface area contributed by atoms with Crippen LogP contribution in [0, 0.1) is 11.6 Å². The second-order valence-corrected chi connectivity index (χ2v) is 5.98. The van der Waals surface area contributed by atoms with Crippen molar-refractivity contribution >= 4 is 23.9 Å². The van der Waals surface area contributed by atoms with Gasteiger partial charge in [0.2, 0.25) is 0 Å². The molecule has 0 aliphatic carbocycles. The maximum absolute atomic E-state index is 13.0. The van der Waals surface area contributed by atoms with Gasteiger partial charge in [0.25, 0.3) is 0 Å². The minimum Gasteiger partial charge on any atom is -0.508 e. The molecule has 29 heavy (non-hydrogen) atoms. The van der Waals surface area contributed by atoms with Gasteiger partial charge in [-0.05, 0) is 54.5 Å². The lowest BCUT2D eigenvalue weighted by atomic mass is 10.0. The second-order valence-electron chi connectivity index (χ2n) is 5.98. The molecule has 0 spiro atoms. The van der Waals surface area contributed by atoms with Crippen LogP contribution in [0.4, 0.5) is 8.78 Å². The van der Waals surface area contributed by atoms with Gasteiger partial charge >= 0.3 is 5.97 Å². The topological polar surface area (TPSA) is 63.6 Å². The van der Waals surface area contributed by atoms with E-state index in [1.807, 2.05) is 0 Å². The molecule has 0 unspecified atom stereocenters. The van der Waals surface area contributed by atoms with Gasteiger partial charge in [-0.15, -0.1) is 0 Å². The Hall–Kier alpha value is -3.54. The highest BCUT2D eigenvalue weighted by Crippen LogP contribution is 2.15. The Morgan fingerprint density at radius 3 is 1.86 bits per heavy atom. The molecule has 0 aliphatic heterocycles. The number of esters is 1. The SMILES string of the molecule is CCOC(=O)CC(C(=O)/C=C/c1ccc(F)cc1)=C(O)C=Cc1ccc(F)cc1. The van der Waals surface area contributed by atoms with Crippen LogP contribution in [-0.2, 0) is 14.3 Å². The molecule has 4 nitrogen and oxygen atoms in total. The maximum Gasteiger partial charge on any atom is 0.310 e. The molecule has 0 amide bonds. The molecule has 2 rings (SSSR count). The van der Waals surface area contributed by atoms with E-state index in [9.17, 15) is 23.5 Å². The Balaban J connectivity index is 2.26. The Kier molecular flexibility index (Phi) is 8.03. The molecule has 2 aromatic carbocycles. The first-order chi connectivity index (χ1) is 13.9. The van der Waals surface area contributed by atoms with Gasteiger partial charge in [-0.1, -0.05) is 36.4 Å². The standard InChI is InChI=1S/C23H20F2O4/c1-2-29-23(28)15-20(21(26)13-7-16-3-9-18(24)10-4-16)22(27)14-8-17-5-11-19(25)12-6-17/h3-14,26H,2,15H2,1H3/b13-7?,14-8+,21-20?. The number of allylic oxidation sites excluding steroid dienone is 2. The fourth-order valence-electron chi connectivity index (χ4n) is 2.36. The number of rotatable bonds is 8. The highest BCUT2D eigenvalue weighted by Gasteiger charge is 2.17. The summed E-state index contributed by atoms with van der Waals surface area (Å²) in [5.74, 6) is -2.46. The quantitative estimate of drug-likeness (QED) is 0.293. The molecular formula is C23H20F2O4. The van der Waals surface area contributed by atoms with Crippen LogP contribution < -0.4 is 0 Å². The van der Waals surface area contributed by atoms with Crippen molar-refractivity contribution in [2.45, 2.75) is 13.3 Å². The summed E-state index contributed by atoms with van der Waals surface area (Å²) in [7, 11) is 0. The summed E-state index contributed by atoms with van der Waals surface area (Å²) in [6.07, 6.45) is 4.95. The van der Waals surface area contributed by atoms with Crippen LogP contribution >= 0.6 is 0 Å². The normalized spacial score (nSPS) is 12.2.